The Labute approximate surface area is 122 Å². The number of anilines is 1. The zero-order valence-corrected chi connectivity index (χ0v) is 11.9. The van der Waals surface area contributed by atoms with Crippen molar-refractivity contribution in [1.29, 1.82) is 0 Å². The van der Waals surface area contributed by atoms with Gasteiger partial charge in [0.2, 0.25) is 0 Å². The summed E-state index contributed by atoms with van der Waals surface area (Å²) in [6.07, 6.45) is 3.63. The van der Waals surface area contributed by atoms with Crippen LogP contribution in [-0.4, -0.2) is 30.3 Å². The second-order valence-corrected chi connectivity index (χ2v) is 5.24. The molecule has 1 aliphatic rings. The first kappa shape index (κ1) is 15.7. The van der Waals surface area contributed by atoms with Gasteiger partial charge in [-0.3, -0.25) is 0 Å². The number of ether oxygens (including phenoxy) is 1. The molecule has 2 unspecified atom stereocenters. The molecule has 1 aromatic rings. The number of carbonyl (C=O) groups excluding carboxylic acids is 1. The predicted molar refractivity (Wildman–Crippen MR) is 74.2 cm³/mol. The molecule has 1 saturated carbocycles. The van der Waals surface area contributed by atoms with Crippen LogP contribution in [0, 0.1) is 11.6 Å². The summed E-state index contributed by atoms with van der Waals surface area (Å²) in [4.78, 5) is 11.3. The highest BCUT2D eigenvalue weighted by molar-refractivity contribution is 5.90. The number of nitrogens with one attached hydrogen (secondary N) is 1. The zero-order valence-electron chi connectivity index (χ0n) is 11.9. The van der Waals surface area contributed by atoms with Crippen LogP contribution in [0.2, 0.25) is 0 Å². The summed E-state index contributed by atoms with van der Waals surface area (Å²) in [5.74, 6) is -3.29. The Kier molecular flexibility index (Phi) is 5.12. The maximum atomic E-state index is 14.0. The summed E-state index contributed by atoms with van der Waals surface area (Å²) in [5.41, 5.74) is -0.493. The number of methoxy groups -OCH3 is 1. The molecule has 0 amide bonds. The first-order chi connectivity index (χ1) is 10.0. The molecular formula is C15H19F2NO3. The minimum atomic E-state index is -1.24. The summed E-state index contributed by atoms with van der Waals surface area (Å²) >= 11 is 0. The highest BCUT2D eigenvalue weighted by atomic mass is 19.2. The van der Waals surface area contributed by atoms with E-state index in [4.69, 9.17) is 0 Å². The Bertz CT molecular complexity index is 522. The lowest BCUT2D eigenvalue weighted by Gasteiger charge is -2.23. The van der Waals surface area contributed by atoms with Crippen LogP contribution < -0.4 is 5.32 Å². The molecule has 0 spiro atoms. The predicted octanol–water partition coefficient (Wildman–Crippen LogP) is 2.86. The fraction of sp³-hybridized carbons (Fsp3) is 0.533. The molecule has 0 aromatic heterocycles. The average Bonchev–Trinajstić information content (AvgIpc) is 2.68. The molecule has 1 aromatic carbocycles. The van der Waals surface area contributed by atoms with E-state index in [-0.39, 0.29) is 11.7 Å². The lowest BCUT2D eigenvalue weighted by molar-refractivity contribution is 0.0594. The Hall–Kier alpha value is -1.69. The van der Waals surface area contributed by atoms with Crippen molar-refractivity contribution in [2.24, 2.45) is 0 Å². The van der Waals surface area contributed by atoms with Crippen molar-refractivity contribution in [1.82, 2.24) is 0 Å². The number of esters is 1. The van der Waals surface area contributed by atoms with Gasteiger partial charge in [-0.1, -0.05) is 19.3 Å². The van der Waals surface area contributed by atoms with E-state index in [0.717, 1.165) is 26.4 Å². The summed E-state index contributed by atoms with van der Waals surface area (Å²) in [6.45, 7) is 0. The fourth-order valence-corrected chi connectivity index (χ4v) is 2.58. The number of aliphatic hydroxyl groups excluding tert-OH is 1. The fourth-order valence-electron chi connectivity index (χ4n) is 2.58. The Morgan fingerprint density at radius 2 is 1.95 bits per heavy atom. The number of benzene rings is 1. The maximum Gasteiger partial charge on any atom is 0.340 e. The third-order valence-corrected chi connectivity index (χ3v) is 3.81. The first-order valence-corrected chi connectivity index (χ1v) is 7.05. The van der Waals surface area contributed by atoms with Crippen molar-refractivity contribution in [3.05, 3.63) is 29.3 Å². The minimum Gasteiger partial charge on any atom is -0.465 e. The number of carbonyl (C=O) groups is 1. The van der Waals surface area contributed by atoms with Crippen molar-refractivity contribution < 1.29 is 23.4 Å². The second kappa shape index (κ2) is 6.85. The van der Waals surface area contributed by atoms with Crippen molar-refractivity contribution in [2.75, 3.05) is 12.4 Å². The van der Waals surface area contributed by atoms with Gasteiger partial charge in [0.25, 0.3) is 0 Å². The molecule has 0 aliphatic heterocycles. The van der Waals surface area contributed by atoms with Crippen LogP contribution >= 0.6 is 0 Å². The first-order valence-electron chi connectivity index (χ1n) is 7.05. The molecule has 6 heteroatoms. The molecule has 4 nitrogen and oxygen atoms in total. The normalized spacial score (nSPS) is 22.5. The highest BCUT2D eigenvalue weighted by Crippen LogP contribution is 2.26. The van der Waals surface area contributed by atoms with E-state index in [9.17, 15) is 18.7 Å². The molecule has 21 heavy (non-hydrogen) atoms. The zero-order chi connectivity index (χ0) is 15.4. The molecule has 0 saturated heterocycles. The lowest BCUT2D eigenvalue weighted by atomic mass is 10.1. The molecule has 0 radical (unpaired) electrons. The Morgan fingerprint density at radius 3 is 2.67 bits per heavy atom. The van der Waals surface area contributed by atoms with Crippen LogP contribution in [0.3, 0.4) is 0 Å². The molecule has 116 valence electrons. The summed E-state index contributed by atoms with van der Waals surface area (Å²) in [7, 11) is 1.10. The van der Waals surface area contributed by atoms with Gasteiger partial charge in [0, 0.05) is 0 Å². The van der Waals surface area contributed by atoms with Gasteiger partial charge in [-0.2, -0.15) is 0 Å². The van der Waals surface area contributed by atoms with E-state index >= 15 is 0 Å². The summed E-state index contributed by atoms with van der Waals surface area (Å²) < 4.78 is 32.3. The van der Waals surface area contributed by atoms with Gasteiger partial charge in [-0.15, -0.1) is 0 Å². The van der Waals surface area contributed by atoms with Gasteiger partial charge in [-0.05, 0) is 25.0 Å². The van der Waals surface area contributed by atoms with Gasteiger partial charge in [-0.25, -0.2) is 13.6 Å². The van der Waals surface area contributed by atoms with Gasteiger partial charge in [0.05, 0.1) is 30.5 Å². The third kappa shape index (κ3) is 3.50. The average molecular weight is 299 g/mol. The van der Waals surface area contributed by atoms with Gasteiger partial charge in [0.15, 0.2) is 11.6 Å². The van der Waals surface area contributed by atoms with Crippen molar-refractivity contribution in [3.63, 3.8) is 0 Å². The molecule has 2 rings (SSSR count). The largest absolute Gasteiger partial charge is 0.465 e. The van der Waals surface area contributed by atoms with Crippen molar-refractivity contribution in [2.45, 2.75) is 44.2 Å². The number of aliphatic hydroxyl groups is 1. The van der Waals surface area contributed by atoms with Crippen LogP contribution in [0.5, 0.6) is 0 Å². The lowest BCUT2D eigenvalue weighted by Crippen LogP contribution is -2.33. The molecule has 0 bridgehead atoms. The van der Waals surface area contributed by atoms with Crippen LogP contribution in [0.1, 0.15) is 42.5 Å². The molecule has 0 heterocycles. The van der Waals surface area contributed by atoms with Crippen LogP contribution in [0.4, 0.5) is 14.5 Å². The number of hydrogen-bond donors (Lipinski definition) is 2. The standard InChI is InChI=1S/C15H19F2NO3/c1-21-15(20)9-7-8-11(14(17)13(9)16)18-10-5-3-2-4-6-12(10)19/h7-8,10,12,18-19H,2-6H2,1H3. The van der Waals surface area contributed by atoms with E-state index in [1.54, 1.807) is 0 Å². The van der Waals surface area contributed by atoms with Crippen LogP contribution in [0.25, 0.3) is 0 Å². The molecule has 1 fully saturated rings. The van der Waals surface area contributed by atoms with E-state index in [0.29, 0.717) is 12.8 Å². The number of halogens is 2. The van der Waals surface area contributed by atoms with Gasteiger partial charge < -0.3 is 15.2 Å². The monoisotopic (exact) mass is 299 g/mol. The smallest absolute Gasteiger partial charge is 0.340 e. The van der Waals surface area contributed by atoms with Crippen LogP contribution in [0.15, 0.2) is 12.1 Å². The summed E-state index contributed by atoms with van der Waals surface area (Å²) in [5, 5.41) is 12.8. The van der Waals surface area contributed by atoms with E-state index in [1.807, 2.05) is 0 Å². The molecule has 1 aliphatic carbocycles. The van der Waals surface area contributed by atoms with Crippen LogP contribution in [-0.2, 0) is 4.74 Å². The Balaban J connectivity index is 2.20. The molecular weight excluding hydrogens is 280 g/mol. The maximum absolute atomic E-state index is 14.0. The van der Waals surface area contributed by atoms with E-state index < -0.39 is 29.3 Å². The topological polar surface area (TPSA) is 58.6 Å². The van der Waals surface area contributed by atoms with E-state index in [1.165, 1.54) is 12.1 Å². The Morgan fingerprint density at radius 1 is 1.24 bits per heavy atom. The van der Waals surface area contributed by atoms with Crippen molar-refractivity contribution in [3.8, 4) is 0 Å². The molecule has 2 atom stereocenters. The van der Waals surface area contributed by atoms with Gasteiger partial charge in [0.1, 0.15) is 0 Å². The third-order valence-electron chi connectivity index (χ3n) is 3.81. The quantitative estimate of drug-likeness (QED) is 0.665. The second-order valence-electron chi connectivity index (χ2n) is 5.24. The summed E-state index contributed by atoms with van der Waals surface area (Å²) in [6, 6.07) is 2.16. The minimum absolute atomic E-state index is 0.0499. The van der Waals surface area contributed by atoms with E-state index in [2.05, 4.69) is 10.1 Å². The number of rotatable bonds is 3. The van der Waals surface area contributed by atoms with Crippen molar-refractivity contribution >= 4 is 11.7 Å². The SMILES string of the molecule is COC(=O)c1ccc(NC2CCCCCC2O)c(F)c1F. The number of hydrogen-bond acceptors (Lipinski definition) is 4. The molecule has 2 N–H and O–H groups in total. The highest BCUT2D eigenvalue weighted by Gasteiger charge is 2.24. The van der Waals surface area contributed by atoms with Gasteiger partial charge >= 0.3 is 5.97 Å².